The van der Waals surface area contributed by atoms with Crippen molar-refractivity contribution >= 4 is 0 Å². The van der Waals surface area contributed by atoms with Crippen LogP contribution in [-0.2, 0) is 0 Å². The van der Waals surface area contributed by atoms with Gasteiger partial charge in [0, 0.05) is 6.54 Å². The highest BCUT2D eigenvalue weighted by molar-refractivity contribution is 4.99. The molecule has 0 atom stereocenters. The van der Waals surface area contributed by atoms with E-state index in [9.17, 15) is 0 Å². The highest BCUT2D eigenvalue weighted by Crippen LogP contribution is 2.56. The Morgan fingerprint density at radius 1 is 1.06 bits per heavy atom. The van der Waals surface area contributed by atoms with Crippen molar-refractivity contribution in [3.8, 4) is 0 Å². The summed E-state index contributed by atoms with van der Waals surface area (Å²) in [5.74, 6) is 2.01. The maximum absolute atomic E-state index is 3.72. The molecule has 0 bridgehead atoms. The fourth-order valence-electron chi connectivity index (χ4n) is 4.00. The van der Waals surface area contributed by atoms with Gasteiger partial charge in [-0.15, -0.1) is 0 Å². The normalized spacial score (nSPS) is 33.7. The summed E-state index contributed by atoms with van der Waals surface area (Å²) in [6.07, 6.45) is 10.2. The molecule has 2 fully saturated rings. The molecule has 106 valence electrons. The molecule has 0 aliphatic heterocycles. The molecule has 1 nitrogen and oxygen atoms in total. The van der Waals surface area contributed by atoms with Gasteiger partial charge in [-0.2, -0.15) is 0 Å². The third-order valence-electron chi connectivity index (χ3n) is 5.55. The molecule has 0 aromatic heterocycles. The number of hydrogen-bond acceptors (Lipinski definition) is 1. The van der Waals surface area contributed by atoms with Crippen molar-refractivity contribution in [3.05, 3.63) is 0 Å². The molecule has 1 heteroatoms. The van der Waals surface area contributed by atoms with Crippen LogP contribution in [-0.4, -0.2) is 13.1 Å². The summed E-state index contributed by atoms with van der Waals surface area (Å²) in [4.78, 5) is 0. The van der Waals surface area contributed by atoms with E-state index in [0.717, 1.165) is 11.8 Å². The molecule has 2 aliphatic carbocycles. The van der Waals surface area contributed by atoms with Crippen LogP contribution in [0.5, 0.6) is 0 Å². The van der Waals surface area contributed by atoms with Gasteiger partial charge >= 0.3 is 0 Å². The lowest BCUT2D eigenvalue weighted by atomic mass is 9.62. The highest BCUT2D eigenvalue weighted by Gasteiger charge is 2.47. The van der Waals surface area contributed by atoms with Crippen molar-refractivity contribution in [3.63, 3.8) is 0 Å². The minimum atomic E-state index is 0.520. The maximum Gasteiger partial charge on any atom is 0.00105 e. The van der Waals surface area contributed by atoms with Crippen molar-refractivity contribution < 1.29 is 0 Å². The third kappa shape index (κ3) is 3.29. The molecule has 2 aliphatic rings. The zero-order valence-electron chi connectivity index (χ0n) is 13.0. The summed E-state index contributed by atoms with van der Waals surface area (Å²) in [5, 5.41) is 3.72. The van der Waals surface area contributed by atoms with Crippen LogP contribution >= 0.6 is 0 Å². The number of hydrogen-bond donors (Lipinski definition) is 1. The molecular weight excluding hydrogens is 218 g/mol. The summed E-state index contributed by atoms with van der Waals surface area (Å²) < 4.78 is 0. The van der Waals surface area contributed by atoms with Gasteiger partial charge in [-0.1, -0.05) is 27.7 Å². The van der Waals surface area contributed by atoms with Crippen LogP contribution in [0.3, 0.4) is 0 Å². The summed E-state index contributed by atoms with van der Waals surface area (Å²) in [6.45, 7) is 12.1. The van der Waals surface area contributed by atoms with E-state index in [0.29, 0.717) is 10.8 Å². The van der Waals surface area contributed by atoms with Gasteiger partial charge in [0.05, 0.1) is 0 Å². The van der Waals surface area contributed by atoms with Crippen LogP contribution in [0.4, 0.5) is 0 Å². The van der Waals surface area contributed by atoms with E-state index in [1.54, 1.807) is 0 Å². The molecule has 0 radical (unpaired) electrons. The summed E-state index contributed by atoms with van der Waals surface area (Å²) in [6, 6.07) is 0. The molecule has 2 rings (SSSR count). The van der Waals surface area contributed by atoms with E-state index in [1.165, 1.54) is 58.0 Å². The monoisotopic (exact) mass is 251 g/mol. The second-order valence-electron chi connectivity index (χ2n) is 7.95. The van der Waals surface area contributed by atoms with E-state index in [2.05, 4.69) is 33.0 Å². The van der Waals surface area contributed by atoms with E-state index in [-0.39, 0.29) is 0 Å². The van der Waals surface area contributed by atoms with Gasteiger partial charge in [0.15, 0.2) is 0 Å². The zero-order chi connectivity index (χ0) is 13.2. The molecule has 0 unspecified atom stereocenters. The summed E-state index contributed by atoms with van der Waals surface area (Å²) in [7, 11) is 0. The maximum atomic E-state index is 3.72. The van der Waals surface area contributed by atoms with Gasteiger partial charge in [0.1, 0.15) is 0 Å². The Balaban J connectivity index is 1.89. The van der Waals surface area contributed by atoms with E-state index in [4.69, 9.17) is 0 Å². The first-order chi connectivity index (χ1) is 8.48. The van der Waals surface area contributed by atoms with Crippen molar-refractivity contribution in [2.45, 2.75) is 72.6 Å². The van der Waals surface area contributed by atoms with Crippen LogP contribution < -0.4 is 5.32 Å². The number of nitrogens with one attached hydrogen (secondary N) is 1. The van der Waals surface area contributed by atoms with Crippen molar-refractivity contribution in [1.82, 2.24) is 5.32 Å². The fraction of sp³-hybridized carbons (Fsp3) is 1.00. The molecule has 1 N–H and O–H groups in total. The van der Waals surface area contributed by atoms with Crippen LogP contribution in [0.2, 0.25) is 0 Å². The summed E-state index contributed by atoms with van der Waals surface area (Å²) >= 11 is 0. The van der Waals surface area contributed by atoms with Gasteiger partial charge in [-0.25, -0.2) is 0 Å². The Morgan fingerprint density at radius 2 is 1.67 bits per heavy atom. The van der Waals surface area contributed by atoms with Crippen LogP contribution in [0.1, 0.15) is 72.6 Å². The molecule has 0 spiro atoms. The van der Waals surface area contributed by atoms with Gasteiger partial charge in [0.25, 0.3) is 0 Å². The molecule has 18 heavy (non-hydrogen) atoms. The molecule has 0 heterocycles. The minimum Gasteiger partial charge on any atom is -0.316 e. The van der Waals surface area contributed by atoms with E-state index >= 15 is 0 Å². The first-order valence-electron chi connectivity index (χ1n) is 8.19. The Morgan fingerprint density at radius 3 is 2.11 bits per heavy atom. The quantitative estimate of drug-likeness (QED) is 0.703. The average Bonchev–Trinajstić information content (AvgIpc) is 3.13. The molecule has 0 aromatic carbocycles. The average molecular weight is 251 g/mol. The Labute approximate surface area is 114 Å². The number of rotatable bonds is 5. The SMILES string of the molecule is CCCNCC1(C2CC2)CCC(C(C)(C)C)CC1. The van der Waals surface area contributed by atoms with Crippen LogP contribution in [0.15, 0.2) is 0 Å². The van der Waals surface area contributed by atoms with Gasteiger partial charge in [-0.3, -0.25) is 0 Å². The molecule has 0 amide bonds. The third-order valence-corrected chi connectivity index (χ3v) is 5.55. The Hall–Kier alpha value is -0.0400. The van der Waals surface area contributed by atoms with Crippen molar-refractivity contribution in [2.75, 3.05) is 13.1 Å². The van der Waals surface area contributed by atoms with E-state index < -0.39 is 0 Å². The lowest BCUT2D eigenvalue weighted by molar-refractivity contribution is 0.0699. The van der Waals surface area contributed by atoms with Gasteiger partial charge in [0.2, 0.25) is 0 Å². The predicted octanol–water partition coefficient (Wildman–Crippen LogP) is 4.62. The Bertz CT molecular complexity index is 251. The Kier molecular flexibility index (Phi) is 4.41. The largest absolute Gasteiger partial charge is 0.316 e. The fourth-order valence-corrected chi connectivity index (χ4v) is 4.00. The lowest BCUT2D eigenvalue weighted by Crippen LogP contribution is -2.41. The zero-order valence-corrected chi connectivity index (χ0v) is 13.0. The second-order valence-corrected chi connectivity index (χ2v) is 7.95. The first kappa shape index (κ1) is 14.4. The first-order valence-corrected chi connectivity index (χ1v) is 8.19. The molecule has 0 aromatic rings. The van der Waals surface area contributed by atoms with Gasteiger partial charge < -0.3 is 5.32 Å². The smallest absolute Gasteiger partial charge is 0.00105 e. The van der Waals surface area contributed by atoms with Crippen molar-refractivity contribution in [2.24, 2.45) is 22.7 Å². The lowest BCUT2D eigenvalue weighted by Gasteiger charge is -2.45. The van der Waals surface area contributed by atoms with Crippen LogP contribution in [0.25, 0.3) is 0 Å². The van der Waals surface area contributed by atoms with Crippen LogP contribution in [0, 0.1) is 22.7 Å². The van der Waals surface area contributed by atoms with Crippen molar-refractivity contribution in [1.29, 1.82) is 0 Å². The van der Waals surface area contributed by atoms with E-state index in [1.807, 2.05) is 0 Å². The van der Waals surface area contributed by atoms with Gasteiger partial charge in [-0.05, 0) is 74.2 Å². The topological polar surface area (TPSA) is 12.0 Å². The highest BCUT2D eigenvalue weighted by atomic mass is 14.9. The summed E-state index contributed by atoms with van der Waals surface area (Å²) in [5.41, 5.74) is 1.20. The minimum absolute atomic E-state index is 0.520. The standard InChI is InChI=1S/C17H33N/c1-5-12-18-13-17(15-6-7-15)10-8-14(9-11-17)16(2,3)4/h14-15,18H,5-13H2,1-4H3. The molecule has 2 saturated carbocycles. The second kappa shape index (κ2) is 5.53. The molecular formula is C17H33N. The molecule has 0 saturated heterocycles. The predicted molar refractivity (Wildman–Crippen MR) is 79.7 cm³/mol.